The Morgan fingerprint density at radius 3 is 2.46 bits per heavy atom. The second kappa shape index (κ2) is 7.33. The molecule has 1 aliphatic rings. The Morgan fingerprint density at radius 1 is 1.12 bits per heavy atom. The molecule has 1 saturated carbocycles. The maximum absolute atomic E-state index is 11.8. The van der Waals surface area contributed by atoms with Crippen molar-refractivity contribution in [3.8, 4) is 11.5 Å². The molecule has 0 radical (unpaired) electrons. The number of aromatic hydroxyl groups is 2. The van der Waals surface area contributed by atoms with E-state index in [0.717, 1.165) is 6.08 Å². The van der Waals surface area contributed by atoms with Crippen molar-refractivity contribution in [1.29, 1.82) is 0 Å². The molecule has 130 valence electrons. The summed E-state index contributed by atoms with van der Waals surface area (Å²) in [4.78, 5) is 22.8. The number of ether oxygens (including phenoxy) is 1. The zero-order valence-corrected chi connectivity index (χ0v) is 12.6. The quantitative estimate of drug-likeness (QED) is 0.298. The maximum atomic E-state index is 11.8. The fourth-order valence-electron chi connectivity index (χ4n) is 2.51. The lowest BCUT2D eigenvalue weighted by Crippen LogP contribution is -2.48. The highest BCUT2D eigenvalue weighted by atomic mass is 16.6. The molecule has 0 bridgehead atoms. The molecule has 0 aromatic heterocycles. The molecule has 0 aliphatic heterocycles. The summed E-state index contributed by atoms with van der Waals surface area (Å²) < 4.78 is 5.02. The number of aliphatic carboxylic acids is 1. The first kappa shape index (κ1) is 17.8. The van der Waals surface area contributed by atoms with Gasteiger partial charge in [-0.1, -0.05) is 6.07 Å². The van der Waals surface area contributed by atoms with Crippen molar-refractivity contribution in [2.45, 2.75) is 31.2 Å². The summed E-state index contributed by atoms with van der Waals surface area (Å²) in [5.41, 5.74) is 0.426. The molecule has 5 N–H and O–H groups in total. The number of benzene rings is 1. The van der Waals surface area contributed by atoms with E-state index >= 15 is 0 Å². The zero-order chi connectivity index (χ0) is 17.9. The third-order valence-electron chi connectivity index (χ3n) is 3.85. The largest absolute Gasteiger partial charge is 0.504 e. The number of phenols is 2. The number of rotatable bonds is 4. The predicted molar refractivity (Wildman–Crippen MR) is 81.1 cm³/mol. The number of hydrogen-bond donors (Lipinski definition) is 5. The average molecular weight is 338 g/mol. The highest BCUT2D eigenvalue weighted by molar-refractivity contribution is 5.87. The first-order valence-electron chi connectivity index (χ1n) is 7.27. The van der Waals surface area contributed by atoms with Crippen molar-refractivity contribution in [1.82, 2.24) is 0 Å². The Kier molecular flexibility index (Phi) is 5.42. The van der Waals surface area contributed by atoms with Crippen LogP contribution >= 0.6 is 0 Å². The fraction of sp³-hybridized carbons (Fsp3) is 0.375. The Labute approximate surface area is 137 Å². The summed E-state index contributed by atoms with van der Waals surface area (Å²) in [6.45, 7) is 0. The van der Waals surface area contributed by atoms with Crippen molar-refractivity contribution in [3.63, 3.8) is 0 Å². The highest BCUT2D eigenvalue weighted by Gasteiger charge is 2.40. The van der Waals surface area contributed by atoms with Gasteiger partial charge in [0.05, 0.1) is 12.0 Å². The van der Waals surface area contributed by atoms with Gasteiger partial charge in [-0.05, 0) is 30.2 Å². The van der Waals surface area contributed by atoms with Gasteiger partial charge in [0.2, 0.25) is 0 Å². The molecular formula is C16H18O8. The van der Waals surface area contributed by atoms with Crippen LogP contribution in [0.3, 0.4) is 0 Å². The van der Waals surface area contributed by atoms with Gasteiger partial charge >= 0.3 is 11.9 Å². The lowest BCUT2D eigenvalue weighted by molar-refractivity contribution is -0.169. The number of carboxylic acids is 1. The van der Waals surface area contributed by atoms with Crippen LogP contribution in [-0.2, 0) is 14.3 Å². The lowest BCUT2D eigenvalue weighted by atomic mass is 9.83. The number of esters is 1. The standard InChI is InChI=1S/C16H18O8/c17-10-3-1-8(5-11(10)18)2-4-14(20)24-13-7-9(16(22)23)6-12(19)15(13)21/h1-5,9,12-13,15,17-19,21H,6-7H2,(H,22,23). The van der Waals surface area contributed by atoms with E-state index in [4.69, 9.17) is 9.84 Å². The molecule has 2 rings (SSSR count). The van der Waals surface area contributed by atoms with Gasteiger partial charge in [-0.2, -0.15) is 0 Å². The second-order valence-electron chi connectivity index (χ2n) is 5.62. The van der Waals surface area contributed by atoms with Gasteiger partial charge in [0.25, 0.3) is 0 Å². The molecule has 4 atom stereocenters. The number of phenolic OH excluding ortho intramolecular Hbond substituents is 2. The topological polar surface area (TPSA) is 145 Å². The van der Waals surface area contributed by atoms with E-state index in [9.17, 15) is 30.0 Å². The van der Waals surface area contributed by atoms with Crippen LogP contribution in [0.5, 0.6) is 11.5 Å². The van der Waals surface area contributed by atoms with E-state index in [-0.39, 0.29) is 24.3 Å². The number of aliphatic hydroxyl groups excluding tert-OH is 2. The van der Waals surface area contributed by atoms with Gasteiger partial charge in [-0.3, -0.25) is 4.79 Å². The molecule has 0 spiro atoms. The smallest absolute Gasteiger partial charge is 0.331 e. The van der Waals surface area contributed by atoms with Crippen molar-refractivity contribution in [3.05, 3.63) is 29.8 Å². The first-order valence-corrected chi connectivity index (χ1v) is 7.27. The Hall–Kier alpha value is -2.58. The van der Waals surface area contributed by atoms with Crippen molar-refractivity contribution in [2.24, 2.45) is 5.92 Å². The van der Waals surface area contributed by atoms with E-state index < -0.39 is 36.2 Å². The molecule has 1 aromatic rings. The SMILES string of the molecule is O=C(C=Cc1ccc(O)c(O)c1)OC1CC(C(=O)O)CC(O)C1O. The van der Waals surface area contributed by atoms with Crippen LogP contribution in [0.2, 0.25) is 0 Å². The van der Waals surface area contributed by atoms with Gasteiger partial charge < -0.3 is 30.3 Å². The fourth-order valence-corrected chi connectivity index (χ4v) is 2.51. The van der Waals surface area contributed by atoms with Crippen LogP contribution in [0.25, 0.3) is 6.08 Å². The molecule has 24 heavy (non-hydrogen) atoms. The molecular weight excluding hydrogens is 320 g/mol. The molecule has 0 heterocycles. The molecule has 8 heteroatoms. The maximum Gasteiger partial charge on any atom is 0.331 e. The minimum absolute atomic E-state index is 0.0901. The minimum Gasteiger partial charge on any atom is -0.504 e. The highest BCUT2D eigenvalue weighted by Crippen LogP contribution is 2.28. The summed E-state index contributed by atoms with van der Waals surface area (Å²) >= 11 is 0. The van der Waals surface area contributed by atoms with Crippen LogP contribution in [0, 0.1) is 5.92 Å². The third kappa shape index (κ3) is 4.24. The van der Waals surface area contributed by atoms with Gasteiger partial charge in [-0.25, -0.2) is 4.79 Å². The van der Waals surface area contributed by atoms with E-state index in [1.807, 2.05) is 0 Å². The van der Waals surface area contributed by atoms with E-state index in [2.05, 4.69) is 0 Å². The Bertz CT molecular complexity index is 653. The summed E-state index contributed by atoms with van der Waals surface area (Å²) in [7, 11) is 0. The summed E-state index contributed by atoms with van der Waals surface area (Å²) in [5.74, 6) is -3.50. The monoisotopic (exact) mass is 338 g/mol. The van der Waals surface area contributed by atoms with E-state index in [1.165, 1.54) is 24.3 Å². The van der Waals surface area contributed by atoms with Gasteiger partial charge in [0, 0.05) is 12.5 Å². The van der Waals surface area contributed by atoms with Gasteiger partial charge in [-0.15, -0.1) is 0 Å². The molecule has 1 aromatic carbocycles. The number of carbonyl (C=O) groups is 2. The average Bonchev–Trinajstić information content (AvgIpc) is 2.52. The van der Waals surface area contributed by atoms with Crippen LogP contribution in [0.1, 0.15) is 18.4 Å². The Balaban J connectivity index is 2.00. The lowest BCUT2D eigenvalue weighted by Gasteiger charge is -2.34. The molecule has 8 nitrogen and oxygen atoms in total. The summed E-state index contributed by atoms with van der Waals surface area (Å²) in [5, 5.41) is 47.1. The Morgan fingerprint density at radius 2 is 1.83 bits per heavy atom. The second-order valence-corrected chi connectivity index (χ2v) is 5.62. The zero-order valence-electron chi connectivity index (χ0n) is 12.6. The van der Waals surface area contributed by atoms with Crippen molar-refractivity contribution in [2.75, 3.05) is 0 Å². The number of carbonyl (C=O) groups excluding carboxylic acids is 1. The molecule has 1 fully saturated rings. The van der Waals surface area contributed by atoms with Crippen molar-refractivity contribution >= 4 is 18.0 Å². The molecule has 0 saturated heterocycles. The van der Waals surface area contributed by atoms with E-state index in [0.29, 0.717) is 5.56 Å². The molecule has 4 unspecified atom stereocenters. The van der Waals surface area contributed by atoms with Crippen LogP contribution in [0.15, 0.2) is 24.3 Å². The van der Waals surface area contributed by atoms with Crippen molar-refractivity contribution < 1.29 is 39.9 Å². The number of hydrogen-bond acceptors (Lipinski definition) is 7. The molecule has 1 aliphatic carbocycles. The minimum atomic E-state index is -1.35. The van der Waals surface area contributed by atoms with Crippen LogP contribution in [-0.4, -0.2) is 55.8 Å². The van der Waals surface area contributed by atoms with Crippen LogP contribution in [0.4, 0.5) is 0 Å². The predicted octanol–water partition coefficient (Wildman–Crippen LogP) is 0.239. The number of carboxylic acid groups (broad SMARTS) is 1. The van der Waals surface area contributed by atoms with E-state index in [1.54, 1.807) is 0 Å². The first-order chi connectivity index (χ1) is 11.3. The van der Waals surface area contributed by atoms with Gasteiger partial charge in [0.1, 0.15) is 12.2 Å². The van der Waals surface area contributed by atoms with Gasteiger partial charge in [0.15, 0.2) is 11.5 Å². The molecule has 0 amide bonds. The third-order valence-corrected chi connectivity index (χ3v) is 3.85. The normalized spacial score (nSPS) is 27.1. The number of aliphatic hydroxyl groups is 2. The van der Waals surface area contributed by atoms with Crippen LogP contribution < -0.4 is 0 Å². The summed E-state index contributed by atoms with van der Waals surface area (Å²) in [6, 6.07) is 3.94. The summed E-state index contributed by atoms with van der Waals surface area (Å²) in [6.07, 6.45) is -1.59.